The van der Waals surface area contributed by atoms with Crippen LogP contribution in [-0.2, 0) is 0 Å². The van der Waals surface area contributed by atoms with E-state index in [-0.39, 0.29) is 0 Å². The maximum atomic E-state index is 7.93. The predicted octanol–water partition coefficient (Wildman–Crippen LogP) is 2.10. The third kappa shape index (κ3) is 0.768. The Morgan fingerprint density at radius 3 is 2.43 bits per heavy atom. The maximum Gasteiger partial charge on any atom is 0.0961 e. The lowest BCUT2D eigenvalue weighted by Gasteiger charge is -2.21. The summed E-state index contributed by atoms with van der Waals surface area (Å²) in [7, 11) is 0. The minimum absolute atomic E-state index is 0.830. The van der Waals surface area contributed by atoms with Crippen LogP contribution in [0.2, 0.25) is 0 Å². The summed E-state index contributed by atoms with van der Waals surface area (Å²) in [6.45, 7) is 1.19. The van der Waals surface area contributed by atoms with Crippen LogP contribution in [0.1, 0.15) is 32.1 Å². The van der Waals surface area contributed by atoms with E-state index in [1.165, 1.54) is 32.2 Å². The smallest absolute Gasteiger partial charge is 0.0961 e. The lowest BCUT2D eigenvalue weighted by atomic mass is 10.0. The summed E-state index contributed by atoms with van der Waals surface area (Å²) < 4.78 is 0. The van der Waals surface area contributed by atoms with Gasteiger partial charge in [0.05, 0.1) is 5.84 Å². The Balaban J connectivity index is 1.58. The zero-order valence-corrected chi connectivity index (χ0v) is 8.58. The fraction of sp³-hybridized carbons (Fsp3) is 0.917. The average Bonchev–Trinajstić information content (AvgIpc) is 2.59. The third-order valence-electron chi connectivity index (χ3n) is 5.21. The monoisotopic (exact) mass is 190 g/mol. The zero-order chi connectivity index (χ0) is 9.28. The Hall–Kier alpha value is -0.530. The molecule has 0 amide bonds. The van der Waals surface area contributed by atoms with Crippen LogP contribution in [0.3, 0.4) is 0 Å². The fourth-order valence-corrected chi connectivity index (χ4v) is 4.72. The molecule has 76 valence electrons. The third-order valence-corrected chi connectivity index (χ3v) is 5.21. The van der Waals surface area contributed by atoms with E-state index in [2.05, 4.69) is 4.90 Å². The molecule has 1 heterocycles. The number of fused-ring (bicyclic) bond motifs is 5. The number of rotatable bonds is 1. The van der Waals surface area contributed by atoms with Crippen molar-refractivity contribution in [3.63, 3.8) is 0 Å². The van der Waals surface area contributed by atoms with E-state index in [1.54, 1.807) is 0 Å². The van der Waals surface area contributed by atoms with Gasteiger partial charge in [0.25, 0.3) is 0 Å². The number of amidine groups is 1. The van der Waals surface area contributed by atoms with Crippen molar-refractivity contribution in [2.45, 2.75) is 38.1 Å². The summed E-state index contributed by atoms with van der Waals surface area (Å²) in [6.07, 6.45) is 6.83. The Morgan fingerprint density at radius 2 is 1.86 bits per heavy atom. The van der Waals surface area contributed by atoms with E-state index in [4.69, 9.17) is 5.41 Å². The highest BCUT2D eigenvalue weighted by molar-refractivity contribution is 5.81. The first-order chi connectivity index (χ1) is 6.86. The standard InChI is InChI=1S/C12H18N2/c13-9-2-1-5-14(9)12-10-7-3-4-8(6-7)11(10)12/h7-8,10-13H,1-6H2. The van der Waals surface area contributed by atoms with Gasteiger partial charge in [-0.05, 0) is 49.4 Å². The van der Waals surface area contributed by atoms with Gasteiger partial charge in [-0.3, -0.25) is 5.41 Å². The Kier molecular flexibility index (Phi) is 1.29. The summed E-state index contributed by atoms with van der Waals surface area (Å²) in [4.78, 5) is 2.44. The van der Waals surface area contributed by atoms with Crippen molar-refractivity contribution in [1.29, 1.82) is 5.41 Å². The van der Waals surface area contributed by atoms with Gasteiger partial charge in [0.1, 0.15) is 0 Å². The lowest BCUT2D eigenvalue weighted by molar-refractivity contribution is 0.346. The second-order valence-corrected chi connectivity index (χ2v) is 5.72. The first-order valence-electron chi connectivity index (χ1n) is 6.20. The van der Waals surface area contributed by atoms with E-state index in [0.29, 0.717) is 0 Å². The summed E-state index contributed by atoms with van der Waals surface area (Å²) in [5.41, 5.74) is 0. The molecule has 0 aromatic carbocycles. The zero-order valence-electron chi connectivity index (χ0n) is 8.58. The van der Waals surface area contributed by atoms with Crippen LogP contribution in [0.25, 0.3) is 0 Å². The van der Waals surface area contributed by atoms with Crippen molar-refractivity contribution >= 4 is 5.84 Å². The molecule has 4 atom stereocenters. The highest BCUT2D eigenvalue weighted by atomic mass is 15.3. The SMILES string of the molecule is N=C1CCCN1C1C2C3CCC(C3)C21. The van der Waals surface area contributed by atoms with E-state index < -0.39 is 0 Å². The van der Waals surface area contributed by atoms with Gasteiger partial charge in [0, 0.05) is 19.0 Å². The van der Waals surface area contributed by atoms with Gasteiger partial charge in [-0.1, -0.05) is 0 Å². The van der Waals surface area contributed by atoms with Gasteiger partial charge in [-0.2, -0.15) is 0 Å². The van der Waals surface area contributed by atoms with Crippen LogP contribution in [0.5, 0.6) is 0 Å². The van der Waals surface area contributed by atoms with Gasteiger partial charge >= 0.3 is 0 Å². The Bertz CT molecular complexity index is 283. The summed E-state index contributed by atoms with van der Waals surface area (Å²) in [6, 6.07) is 0.830. The van der Waals surface area contributed by atoms with Gasteiger partial charge in [0.2, 0.25) is 0 Å². The first kappa shape index (κ1) is 7.72. The first-order valence-corrected chi connectivity index (χ1v) is 6.20. The number of hydrogen-bond donors (Lipinski definition) is 1. The number of nitrogens with one attached hydrogen (secondary N) is 1. The molecule has 4 fully saturated rings. The molecule has 0 aromatic rings. The van der Waals surface area contributed by atoms with Gasteiger partial charge in [-0.25, -0.2) is 0 Å². The van der Waals surface area contributed by atoms with Crippen LogP contribution in [0.4, 0.5) is 0 Å². The molecule has 14 heavy (non-hydrogen) atoms. The molecule has 1 N–H and O–H groups in total. The molecule has 1 saturated heterocycles. The maximum absolute atomic E-state index is 7.93. The Labute approximate surface area is 85.2 Å². The molecular weight excluding hydrogens is 172 g/mol. The van der Waals surface area contributed by atoms with Crippen LogP contribution >= 0.6 is 0 Å². The minimum Gasteiger partial charge on any atom is -0.357 e. The van der Waals surface area contributed by atoms with E-state index in [0.717, 1.165) is 42.0 Å². The Morgan fingerprint density at radius 1 is 1.14 bits per heavy atom. The van der Waals surface area contributed by atoms with E-state index in [1.807, 2.05) is 0 Å². The highest BCUT2D eigenvalue weighted by Crippen LogP contribution is 2.67. The van der Waals surface area contributed by atoms with Gasteiger partial charge < -0.3 is 4.90 Å². The second kappa shape index (κ2) is 2.34. The minimum atomic E-state index is 0.830. The van der Waals surface area contributed by atoms with Crippen molar-refractivity contribution in [3.05, 3.63) is 0 Å². The molecule has 0 spiro atoms. The molecular formula is C12H18N2. The number of hydrogen-bond acceptors (Lipinski definition) is 1. The van der Waals surface area contributed by atoms with Crippen molar-refractivity contribution in [3.8, 4) is 0 Å². The normalized spacial score (nSPS) is 54.1. The van der Waals surface area contributed by atoms with Gasteiger partial charge in [-0.15, -0.1) is 0 Å². The van der Waals surface area contributed by atoms with Crippen molar-refractivity contribution < 1.29 is 0 Å². The molecule has 4 unspecified atom stereocenters. The van der Waals surface area contributed by atoms with Crippen LogP contribution < -0.4 is 0 Å². The van der Waals surface area contributed by atoms with Crippen molar-refractivity contribution in [2.75, 3.05) is 6.54 Å². The summed E-state index contributed by atoms with van der Waals surface area (Å²) >= 11 is 0. The summed E-state index contributed by atoms with van der Waals surface area (Å²) in [5, 5.41) is 7.93. The molecule has 3 aliphatic carbocycles. The second-order valence-electron chi connectivity index (χ2n) is 5.72. The molecule has 2 bridgehead atoms. The molecule has 2 heteroatoms. The van der Waals surface area contributed by atoms with Crippen molar-refractivity contribution in [1.82, 2.24) is 4.90 Å². The number of likely N-dealkylation sites (tertiary alicyclic amines) is 1. The molecule has 0 radical (unpaired) electrons. The number of nitrogens with zero attached hydrogens (tertiary/aromatic N) is 1. The van der Waals surface area contributed by atoms with Crippen LogP contribution in [0.15, 0.2) is 0 Å². The van der Waals surface area contributed by atoms with Crippen LogP contribution in [0, 0.1) is 29.1 Å². The lowest BCUT2D eigenvalue weighted by Crippen LogP contribution is -2.30. The van der Waals surface area contributed by atoms with E-state index >= 15 is 0 Å². The summed E-state index contributed by atoms with van der Waals surface area (Å²) in [5.74, 6) is 5.11. The fourth-order valence-electron chi connectivity index (χ4n) is 4.72. The van der Waals surface area contributed by atoms with Crippen LogP contribution in [-0.4, -0.2) is 23.3 Å². The topological polar surface area (TPSA) is 27.1 Å². The molecule has 3 saturated carbocycles. The largest absolute Gasteiger partial charge is 0.357 e. The molecule has 0 aromatic heterocycles. The predicted molar refractivity (Wildman–Crippen MR) is 55.3 cm³/mol. The van der Waals surface area contributed by atoms with Gasteiger partial charge in [0.15, 0.2) is 0 Å². The molecule has 2 nitrogen and oxygen atoms in total. The van der Waals surface area contributed by atoms with Crippen molar-refractivity contribution in [2.24, 2.45) is 23.7 Å². The highest BCUT2D eigenvalue weighted by Gasteiger charge is 2.67. The van der Waals surface area contributed by atoms with E-state index in [9.17, 15) is 0 Å². The molecule has 1 aliphatic heterocycles. The quantitative estimate of drug-likeness (QED) is 0.673. The molecule has 4 aliphatic rings. The molecule has 4 rings (SSSR count). The average molecular weight is 190 g/mol.